The fourth-order valence-corrected chi connectivity index (χ4v) is 4.13. The van der Waals surface area contributed by atoms with Crippen molar-refractivity contribution in [1.82, 2.24) is 9.88 Å². The van der Waals surface area contributed by atoms with Crippen LogP contribution in [0.4, 0.5) is 0 Å². The predicted octanol–water partition coefficient (Wildman–Crippen LogP) is 5.35. The van der Waals surface area contributed by atoms with Crippen LogP contribution >= 0.6 is 11.6 Å². The molecule has 0 bridgehead atoms. The number of nitrogens with zero attached hydrogens (tertiary/aromatic N) is 2. The molecule has 28 heavy (non-hydrogen) atoms. The molecule has 4 nitrogen and oxygen atoms in total. The smallest absolute Gasteiger partial charge is 0.262 e. The molecule has 3 rings (SSSR count). The molecular weight excluding hydrogens is 370 g/mol. The van der Waals surface area contributed by atoms with E-state index >= 15 is 0 Å². The number of hydrogen-bond acceptors (Lipinski definition) is 2. The second kappa shape index (κ2) is 8.67. The summed E-state index contributed by atoms with van der Waals surface area (Å²) < 4.78 is 2.10. The van der Waals surface area contributed by atoms with Gasteiger partial charge in [0, 0.05) is 28.1 Å². The molecule has 1 N–H and O–H groups in total. The summed E-state index contributed by atoms with van der Waals surface area (Å²) in [7, 11) is 0. The van der Waals surface area contributed by atoms with E-state index in [-0.39, 0.29) is 17.5 Å². The zero-order valence-electron chi connectivity index (χ0n) is 16.6. The van der Waals surface area contributed by atoms with Crippen molar-refractivity contribution in [3.63, 3.8) is 0 Å². The van der Waals surface area contributed by atoms with E-state index in [1.54, 1.807) is 6.08 Å². The summed E-state index contributed by atoms with van der Waals surface area (Å²) in [6, 6.07) is 11.8. The standard InChI is InChI=1S/C23H26ClN3O/c1-15-6-4-5-7-22(15)26-23(28)19(14-25)13-18-12-16(2)27(17(18)3)21-10-8-20(24)9-11-21/h8-13,15,22H,4-7H2,1-3H3,(H,26,28)/b19-13+/t15-,22+/m0/s1. The number of halogens is 1. The summed E-state index contributed by atoms with van der Waals surface area (Å²) in [6.45, 7) is 6.16. The summed E-state index contributed by atoms with van der Waals surface area (Å²) in [5.41, 5.74) is 4.03. The molecule has 2 aromatic rings. The number of benzene rings is 1. The molecule has 1 aromatic carbocycles. The Kier molecular flexibility index (Phi) is 6.26. The van der Waals surface area contributed by atoms with Gasteiger partial charge in [0.2, 0.25) is 0 Å². The first-order chi connectivity index (χ1) is 13.4. The molecule has 1 amide bonds. The first-order valence-electron chi connectivity index (χ1n) is 9.78. The Morgan fingerprint density at radius 3 is 2.57 bits per heavy atom. The van der Waals surface area contributed by atoms with Crippen molar-refractivity contribution in [2.45, 2.75) is 52.5 Å². The first kappa shape index (κ1) is 20.2. The van der Waals surface area contributed by atoms with Gasteiger partial charge >= 0.3 is 0 Å². The summed E-state index contributed by atoms with van der Waals surface area (Å²) in [6.07, 6.45) is 6.14. The van der Waals surface area contributed by atoms with Crippen LogP contribution in [0.15, 0.2) is 35.9 Å². The van der Waals surface area contributed by atoms with Crippen molar-refractivity contribution in [2.24, 2.45) is 5.92 Å². The van der Waals surface area contributed by atoms with E-state index in [0.717, 1.165) is 41.9 Å². The monoisotopic (exact) mass is 395 g/mol. The minimum absolute atomic E-state index is 0.147. The number of hydrogen-bond donors (Lipinski definition) is 1. The van der Waals surface area contributed by atoms with Crippen LogP contribution < -0.4 is 5.32 Å². The van der Waals surface area contributed by atoms with Gasteiger partial charge in [-0.25, -0.2) is 0 Å². The molecule has 0 radical (unpaired) electrons. The summed E-state index contributed by atoms with van der Waals surface area (Å²) in [4.78, 5) is 12.7. The molecule has 0 saturated heterocycles. The van der Waals surface area contributed by atoms with Gasteiger partial charge in [-0.15, -0.1) is 0 Å². The van der Waals surface area contributed by atoms with Gasteiger partial charge in [0.05, 0.1) is 0 Å². The van der Waals surface area contributed by atoms with Gasteiger partial charge in [-0.1, -0.05) is 31.4 Å². The number of amides is 1. The van der Waals surface area contributed by atoms with Gasteiger partial charge < -0.3 is 9.88 Å². The Morgan fingerprint density at radius 1 is 1.25 bits per heavy atom. The quantitative estimate of drug-likeness (QED) is 0.560. The molecule has 1 aliphatic rings. The normalized spacial score (nSPS) is 19.9. The number of aromatic nitrogens is 1. The molecule has 0 aliphatic heterocycles. The molecule has 5 heteroatoms. The van der Waals surface area contributed by atoms with E-state index in [1.807, 2.05) is 44.2 Å². The second-order valence-corrected chi connectivity index (χ2v) is 8.09. The van der Waals surface area contributed by atoms with Crippen molar-refractivity contribution in [3.05, 3.63) is 57.9 Å². The highest BCUT2D eigenvalue weighted by molar-refractivity contribution is 6.30. The summed E-state index contributed by atoms with van der Waals surface area (Å²) in [5.74, 6) is 0.171. The second-order valence-electron chi connectivity index (χ2n) is 7.65. The zero-order chi connectivity index (χ0) is 20.3. The minimum atomic E-state index is -0.280. The van der Waals surface area contributed by atoms with Crippen LogP contribution in [0.2, 0.25) is 5.02 Å². The molecule has 1 heterocycles. The first-order valence-corrected chi connectivity index (χ1v) is 10.2. The van der Waals surface area contributed by atoms with Crippen molar-refractivity contribution < 1.29 is 4.79 Å². The molecule has 2 atom stereocenters. The van der Waals surface area contributed by atoms with Gasteiger partial charge in [0.25, 0.3) is 5.91 Å². The van der Waals surface area contributed by atoms with Crippen LogP contribution in [0, 0.1) is 31.1 Å². The van der Waals surface area contributed by atoms with Gasteiger partial charge in [-0.05, 0) is 74.6 Å². The average Bonchev–Trinajstić information content (AvgIpc) is 2.95. The van der Waals surface area contributed by atoms with Crippen LogP contribution in [0.3, 0.4) is 0 Å². The molecule has 1 aliphatic carbocycles. The van der Waals surface area contributed by atoms with E-state index in [4.69, 9.17) is 11.6 Å². The maximum Gasteiger partial charge on any atom is 0.262 e. The van der Waals surface area contributed by atoms with Crippen LogP contribution in [-0.4, -0.2) is 16.5 Å². The van der Waals surface area contributed by atoms with Crippen molar-refractivity contribution in [3.8, 4) is 11.8 Å². The molecule has 0 unspecified atom stereocenters. The van der Waals surface area contributed by atoms with E-state index in [1.165, 1.54) is 6.42 Å². The molecule has 1 aromatic heterocycles. The highest BCUT2D eigenvalue weighted by Crippen LogP contribution is 2.26. The number of nitrogens with one attached hydrogen (secondary N) is 1. The zero-order valence-corrected chi connectivity index (χ0v) is 17.4. The molecule has 146 valence electrons. The minimum Gasteiger partial charge on any atom is -0.348 e. The number of carbonyl (C=O) groups is 1. The summed E-state index contributed by atoms with van der Waals surface area (Å²) in [5, 5.41) is 13.3. The molecule has 0 spiro atoms. The topological polar surface area (TPSA) is 57.8 Å². The van der Waals surface area contributed by atoms with Crippen molar-refractivity contribution in [2.75, 3.05) is 0 Å². The lowest BCUT2D eigenvalue weighted by Gasteiger charge is -2.29. The Hall–Kier alpha value is -2.51. The van der Waals surface area contributed by atoms with Crippen LogP contribution in [0.1, 0.15) is 49.6 Å². The lowest BCUT2D eigenvalue weighted by molar-refractivity contribution is -0.118. The fraction of sp³-hybridized carbons (Fsp3) is 0.391. The predicted molar refractivity (Wildman–Crippen MR) is 113 cm³/mol. The Morgan fingerprint density at radius 2 is 1.93 bits per heavy atom. The van der Waals surface area contributed by atoms with Crippen LogP contribution in [0.25, 0.3) is 11.8 Å². The van der Waals surface area contributed by atoms with E-state index < -0.39 is 0 Å². The number of aryl methyl sites for hydroxylation is 1. The van der Waals surface area contributed by atoms with Gasteiger partial charge in [-0.2, -0.15) is 5.26 Å². The number of carbonyl (C=O) groups excluding carboxylic acids is 1. The largest absolute Gasteiger partial charge is 0.348 e. The maximum absolute atomic E-state index is 12.7. The highest BCUT2D eigenvalue weighted by Gasteiger charge is 2.24. The third-order valence-corrected chi connectivity index (χ3v) is 5.90. The molecular formula is C23H26ClN3O. The lowest BCUT2D eigenvalue weighted by Crippen LogP contribution is -2.41. The number of nitriles is 1. The third kappa shape index (κ3) is 4.31. The number of rotatable bonds is 4. The van der Waals surface area contributed by atoms with Gasteiger partial charge in [0.1, 0.15) is 11.6 Å². The maximum atomic E-state index is 12.7. The van der Waals surface area contributed by atoms with Crippen molar-refractivity contribution in [1.29, 1.82) is 5.26 Å². The van der Waals surface area contributed by atoms with Gasteiger partial charge in [-0.3, -0.25) is 4.79 Å². The summed E-state index contributed by atoms with van der Waals surface area (Å²) >= 11 is 6.00. The molecule has 1 fully saturated rings. The van der Waals surface area contributed by atoms with Crippen molar-refractivity contribution >= 4 is 23.6 Å². The lowest BCUT2D eigenvalue weighted by atomic mass is 9.86. The van der Waals surface area contributed by atoms with E-state index in [9.17, 15) is 10.1 Å². The van der Waals surface area contributed by atoms with Gasteiger partial charge in [0.15, 0.2) is 0 Å². The van der Waals surface area contributed by atoms with E-state index in [0.29, 0.717) is 10.9 Å². The Balaban J connectivity index is 1.86. The third-order valence-electron chi connectivity index (χ3n) is 5.65. The highest BCUT2D eigenvalue weighted by atomic mass is 35.5. The SMILES string of the molecule is Cc1cc(/C=C(\C#N)C(=O)N[C@@H]2CCCC[C@@H]2C)c(C)n1-c1ccc(Cl)cc1. The fourth-order valence-electron chi connectivity index (χ4n) is 4.00. The van der Waals surface area contributed by atoms with E-state index in [2.05, 4.69) is 22.9 Å². The Bertz CT molecular complexity index is 934. The Labute approximate surface area is 171 Å². The molecule has 1 saturated carbocycles. The average molecular weight is 396 g/mol. The van der Waals surface area contributed by atoms with Crippen LogP contribution in [0.5, 0.6) is 0 Å². The van der Waals surface area contributed by atoms with Crippen LogP contribution in [-0.2, 0) is 4.79 Å².